The Morgan fingerprint density at radius 2 is 2.09 bits per heavy atom. The third-order valence-corrected chi connectivity index (χ3v) is 6.90. The van der Waals surface area contributed by atoms with Gasteiger partial charge in [0, 0.05) is 17.5 Å². The van der Waals surface area contributed by atoms with Crippen LogP contribution in [0.2, 0.25) is 0 Å². The molecule has 12 heteroatoms. The van der Waals surface area contributed by atoms with Crippen molar-refractivity contribution in [3.05, 3.63) is 64.8 Å². The highest BCUT2D eigenvalue weighted by Crippen LogP contribution is 2.30. The lowest BCUT2D eigenvalue weighted by atomic mass is 10.2. The van der Waals surface area contributed by atoms with Gasteiger partial charge in [0.05, 0.1) is 18.4 Å². The topological polar surface area (TPSA) is 95.3 Å². The van der Waals surface area contributed by atoms with Crippen LogP contribution >= 0.6 is 23.1 Å². The quantitative estimate of drug-likeness (QED) is 0.215. The zero-order chi connectivity index (χ0) is 25.5. The average molecular weight is 523 g/mol. The fraction of sp³-hybridized carbons (Fsp3) is 0.304. The number of halogens is 2. The average Bonchev–Trinajstić information content (AvgIpc) is 3.43. The third-order valence-electron chi connectivity index (χ3n) is 4.74. The van der Waals surface area contributed by atoms with Crippen LogP contribution in [-0.2, 0) is 22.5 Å². The van der Waals surface area contributed by atoms with Crippen molar-refractivity contribution in [2.24, 2.45) is 0 Å². The SMILES string of the molecule is C=CCn1c(SCC(=O)Nc2sc(CC)cc2C(=O)OC)nnc1C(C)Oc1ccc(F)cc1F. The Kier molecular flexibility index (Phi) is 8.99. The summed E-state index contributed by atoms with van der Waals surface area (Å²) in [6, 6.07) is 4.74. The number of rotatable bonds is 11. The van der Waals surface area contributed by atoms with E-state index in [0.29, 0.717) is 28.1 Å². The van der Waals surface area contributed by atoms with Crippen molar-refractivity contribution in [3.8, 4) is 5.75 Å². The summed E-state index contributed by atoms with van der Waals surface area (Å²) in [5.41, 5.74) is 0.309. The number of aryl methyl sites for hydroxylation is 1. The highest BCUT2D eigenvalue weighted by atomic mass is 32.2. The number of ether oxygens (including phenoxy) is 2. The Morgan fingerprint density at radius 1 is 1.31 bits per heavy atom. The van der Waals surface area contributed by atoms with Crippen molar-refractivity contribution < 1.29 is 27.8 Å². The maximum absolute atomic E-state index is 14.0. The molecule has 0 saturated heterocycles. The van der Waals surface area contributed by atoms with Gasteiger partial charge in [0.1, 0.15) is 10.8 Å². The van der Waals surface area contributed by atoms with Gasteiger partial charge in [-0.15, -0.1) is 28.1 Å². The number of benzene rings is 1. The Balaban J connectivity index is 1.71. The van der Waals surface area contributed by atoms with Gasteiger partial charge in [0.25, 0.3) is 0 Å². The molecule has 3 rings (SSSR count). The molecule has 8 nitrogen and oxygen atoms in total. The number of aromatic nitrogens is 3. The molecule has 1 amide bonds. The smallest absolute Gasteiger partial charge is 0.340 e. The van der Waals surface area contributed by atoms with Crippen LogP contribution in [0.25, 0.3) is 0 Å². The summed E-state index contributed by atoms with van der Waals surface area (Å²) < 4.78 is 39.3. The van der Waals surface area contributed by atoms with E-state index < -0.39 is 23.7 Å². The third kappa shape index (κ3) is 6.45. The Labute approximate surface area is 209 Å². The van der Waals surface area contributed by atoms with Gasteiger partial charge in [-0.2, -0.15) is 0 Å². The predicted molar refractivity (Wildman–Crippen MR) is 130 cm³/mol. The number of esters is 1. The van der Waals surface area contributed by atoms with E-state index in [9.17, 15) is 18.4 Å². The number of allylic oxidation sites excluding steroid dienone is 1. The Hall–Kier alpha value is -3.25. The molecular weight excluding hydrogens is 498 g/mol. The van der Waals surface area contributed by atoms with Crippen molar-refractivity contribution in [1.29, 1.82) is 0 Å². The summed E-state index contributed by atoms with van der Waals surface area (Å²) in [5.74, 6) is -2.13. The number of hydrogen-bond donors (Lipinski definition) is 1. The normalized spacial score (nSPS) is 11.7. The minimum Gasteiger partial charge on any atom is -0.480 e. The summed E-state index contributed by atoms with van der Waals surface area (Å²) in [5, 5.41) is 11.9. The number of amides is 1. The molecule has 3 aromatic rings. The van der Waals surface area contributed by atoms with Gasteiger partial charge in [0.15, 0.2) is 28.7 Å². The number of nitrogens with zero attached hydrogens (tertiary/aromatic N) is 3. The molecule has 2 heterocycles. The highest BCUT2D eigenvalue weighted by Gasteiger charge is 2.22. The molecule has 0 aliphatic heterocycles. The van der Waals surface area contributed by atoms with E-state index in [1.165, 1.54) is 24.5 Å². The van der Waals surface area contributed by atoms with Gasteiger partial charge in [-0.1, -0.05) is 24.8 Å². The van der Waals surface area contributed by atoms with E-state index in [4.69, 9.17) is 9.47 Å². The number of thioether (sulfide) groups is 1. The molecule has 0 fully saturated rings. The number of hydrogen-bond acceptors (Lipinski definition) is 8. The fourth-order valence-electron chi connectivity index (χ4n) is 3.09. The zero-order valence-corrected chi connectivity index (χ0v) is 21.0. The Morgan fingerprint density at radius 3 is 2.74 bits per heavy atom. The molecule has 0 aliphatic rings. The fourth-order valence-corrected chi connectivity index (χ4v) is 4.84. The Bertz CT molecular complexity index is 1230. The summed E-state index contributed by atoms with van der Waals surface area (Å²) in [6.45, 7) is 7.66. The van der Waals surface area contributed by atoms with Crippen LogP contribution in [0, 0.1) is 11.6 Å². The second-order valence-corrected chi connectivity index (χ2v) is 9.29. The summed E-state index contributed by atoms with van der Waals surface area (Å²) in [4.78, 5) is 25.6. The van der Waals surface area contributed by atoms with E-state index in [1.807, 2.05) is 6.92 Å². The van der Waals surface area contributed by atoms with Crippen LogP contribution in [0.1, 0.15) is 41.0 Å². The van der Waals surface area contributed by atoms with Crippen LogP contribution in [0.15, 0.2) is 42.1 Å². The van der Waals surface area contributed by atoms with Gasteiger partial charge in [0.2, 0.25) is 5.91 Å². The number of methoxy groups -OCH3 is 1. The molecule has 0 spiro atoms. The molecule has 1 atom stereocenters. The van der Waals surface area contributed by atoms with Crippen molar-refractivity contribution in [1.82, 2.24) is 14.8 Å². The van der Waals surface area contributed by atoms with Crippen molar-refractivity contribution in [2.75, 3.05) is 18.2 Å². The summed E-state index contributed by atoms with van der Waals surface area (Å²) in [7, 11) is 1.28. The maximum Gasteiger partial charge on any atom is 0.340 e. The minimum atomic E-state index is -0.830. The monoisotopic (exact) mass is 522 g/mol. The first kappa shape index (κ1) is 26.4. The molecule has 35 heavy (non-hydrogen) atoms. The molecule has 186 valence electrons. The molecule has 0 radical (unpaired) electrons. The standard InChI is InChI=1S/C23H24F2N4O4S2/c1-5-9-29-20(13(3)33-18-8-7-14(24)10-17(18)25)27-28-23(29)34-12-19(30)26-21-16(22(31)32-4)11-15(6-2)35-21/h5,7-8,10-11,13H,1,6,9,12H2,2-4H3,(H,26,30). The molecule has 2 aromatic heterocycles. The van der Waals surface area contributed by atoms with Gasteiger partial charge < -0.3 is 14.8 Å². The summed E-state index contributed by atoms with van der Waals surface area (Å²) >= 11 is 2.45. The van der Waals surface area contributed by atoms with Gasteiger partial charge in [-0.05, 0) is 31.5 Å². The second-order valence-electron chi connectivity index (χ2n) is 7.21. The number of carbonyl (C=O) groups is 2. The van der Waals surface area contributed by atoms with Gasteiger partial charge in [-0.3, -0.25) is 9.36 Å². The first-order valence-corrected chi connectivity index (χ1v) is 12.4. The minimum absolute atomic E-state index is 0.00290. The number of nitrogens with one attached hydrogen (secondary N) is 1. The second kappa shape index (κ2) is 11.9. The number of carbonyl (C=O) groups excluding carboxylic acids is 2. The van der Waals surface area contributed by atoms with E-state index >= 15 is 0 Å². The van der Waals surface area contributed by atoms with Crippen LogP contribution < -0.4 is 10.1 Å². The molecule has 1 unspecified atom stereocenters. The molecule has 0 bridgehead atoms. The van der Waals surface area contributed by atoms with Crippen LogP contribution in [0.4, 0.5) is 13.8 Å². The van der Waals surface area contributed by atoms with E-state index in [2.05, 4.69) is 22.1 Å². The zero-order valence-electron chi connectivity index (χ0n) is 19.3. The largest absolute Gasteiger partial charge is 0.480 e. The first-order valence-electron chi connectivity index (χ1n) is 10.6. The van der Waals surface area contributed by atoms with Crippen molar-refractivity contribution in [2.45, 2.75) is 38.1 Å². The van der Waals surface area contributed by atoms with Crippen molar-refractivity contribution >= 4 is 40.0 Å². The van der Waals surface area contributed by atoms with Crippen molar-refractivity contribution in [3.63, 3.8) is 0 Å². The van der Waals surface area contributed by atoms with Gasteiger partial charge >= 0.3 is 5.97 Å². The molecular formula is C23H24F2N4O4S2. The van der Waals surface area contributed by atoms with E-state index in [1.54, 1.807) is 23.6 Å². The summed E-state index contributed by atoms with van der Waals surface area (Å²) in [6.07, 6.45) is 1.63. The van der Waals surface area contributed by atoms with E-state index in [0.717, 1.165) is 35.2 Å². The molecule has 1 aromatic carbocycles. The molecule has 0 saturated carbocycles. The molecule has 0 aliphatic carbocycles. The lowest BCUT2D eigenvalue weighted by molar-refractivity contribution is -0.113. The van der Waals surface area contributed by atoms with E-state index in [-0.39, 0.29) is 17.4 Å². The molecule has 1 N–H and O–H groups in total. The number of thiophene rings is 1. The number of anilines is 1. The highest BCUT2D eigenvalue weighted by molar-refractivity contribution is 7.99. The van der Waals surface area contributed by atoms with Crippen LogP contribution in [0.3, 0.4) is 0 Å². The lowest BCUT2D eigenvalue weighted by Crippen LogP contribution is -2.16. The maximum atomic E-state index is 14.0. The van der Waals surface area contributed by atoms with Gasteiger partial charge in [-0.25, -0.2) is 13.6 Å². The van der Waals surface area contributed by atoms with Crippen LogP contribution in [-0.4, -0.2) is 39.5 Å². The lowest BCUT2D eigenvalue weighted by Gasteiger charge is -2.16. The van der Waals surface area contributed by atoms with Crippen LogP contribution in [0.5, 0.6) is 5.75 Å². The predicted octanol–water partition coefficient (Wildman–Crippen LogP) is 5.02. The first-order chi connectivity index (χ1) is 16.8.